The lowest BCUT2D eigenvalue weighted by Gasteiger charge is -2.15. The summed E-state index contributed by atoms with van der Waals surface area (Å²) in [5.74, 6) is -1.43. The largest absolute Gasteiger partial charge is 0.478 e. The zero-order chi connectivity index (χ0) is 17.7. The van der Waals surface area contributed by atoms with E-state index in [1.54, 1.807) is 30.4 Å². The summed E-state index contributed by atoms with van der Waals surface area (Å²) < 4.78 is 0. The number of nitrogens with one attached hydrogen (secondary N) is 1. The maximum atomic E-state index is 12.5. The minimum atomic E-state index is -1.03. The molecule has 1 heterocycles. The van der Waals surface area contributed by atoms with E-state index in [4.69, 9.17) is 5.11 Å². The molecule has 1 aliphatic heterocycles. The molecule has 2 rings (SSSR count). The van der Waals surface area contributed by atoms with Crippen LogP contribution in [0.4, 0.5) is 10.5 Å². The molecule has 0 radical (unpaired) electrons. The Kier molecular flexibility index (Phi) is 5.59. The number of hydrogen-bond acceptors (Lipinski definition) is 5. The Hall–Kier alpha value is -2.80. The van der Waals surface area contributed by atoms with Gasteiger partial charge in [-0.05, 0) is 55.1 Å². The third-order valence-electron chi connectivity index (χ3n) is 3.20. The van der Waals surface area contributed by atoms with Crippen LogP contribution in [-0.2, 0) is 4.79 Å². The van der Waals surface area contributed by atoms with Crippen LogP contribution in [0.15, 0.2) is 60.8 Å². The predicted molar refractivity (Wildman–Crippen MR) is 93.7 cm³/mol. The molecular weight excluding hydrogens is 328 g/mol. The van der Waals surface area contributed by atoms with Gasteiger partial charge in [0.2, 0.25) is 0 Å². The highest BCUT2D eigenvalue weighted by Gasteiger charge is 2.40. The topological polar surface area (TPSA) is 86.7 Å². The molecule has 0 bridgehead atoms. The summed E-state index contributed by atoms with van der Waals surface area (Å²) in [6.07, 6.45) is 6.57. The predicted octanol–water partition coefficient (Wildman–Crippen LogP) is 3.46. The molecule has 1 atom stereocenters. The second kappa shape index (κ2) is 7.65. The van der Waals surface area contributed by atoms with Gasteiger partial charge >= 0.3 is 5.97 Å². The molecule has 1 unspecified atom stereocenters. The van der Waals surface area contributed by atoms with E-state index in [2.05, 4.69) is 11.9 Å². The third-order valence-corrected chi connectivity index (χ3v) is 4.14. The Morgan fingerprint density at radius 3 is 2.54 bits per heavy atom. The van der Waals surface area contributed by atoms with Crippen molar-refractivity contribution in [2.24, 2.45) is 0 Å². The SMILES string of the molecule is C=C/C(=C\C=C/C)N1C(=O)SC(Nc2ccc(C(=O)O)cc2)C1=O. The zero-order valence-electron chi connectivity index (χ0n) is 12.9. The molecule has 1 saturated heterocycles. The van der Waals surface area contributed by atoms with Gasteiger partial charge in [0.1, 0.15) is 0 Å². The molecule has 1 aromatic rings. The van der Waals surface area contributed by atoms with Gasteiger partial charge < -0.3 is 10.4 Å². The normalized spacial score (nSPS) is 18.3. The molecule has 0 spiro atoms. The molecule has 6 nitrogen and oxygen atoms in total. The number of amides is 2. The fourth-order valence-corrected chi connectivity index (χ4v) is 2.93. The van der Waals surface area contributed by atoms with E-state index in [-0.39, 0.29) is 5.56 Å². The van der Waals surface area contributed by atoms with Crippen LogP contribution < -0.4 is 5.32 Å². The smallest absolute Gasteiger partial charge is 0.335 e. The number of aromatic carboxylic acids is 1. The second-order valence-corrected chi connectivity index (χ2v) is 5.84. The van der Waals surface area contributed by atoms with Gasteiger partial charge in [0.05, 0.1) is 11.3 Å². The van der Waals surface area contributed by atoms with Crippen molar-refractivity contribution in [2.75, 3.05) is 5.32 Å². The van der Waals surface area contributed by atoms with Crippen molar-refractivity contribution in [3.05, 3.63) is 66.4 Å². The number of benzene rings is 1. The van der Waals surface area contributed by atoms with Gasteiger partial charge in [0, 0.05) is 5.69 Å². The Morgan fingerprint density at radius 1 is 1.33 bits per heavy atom. The molecule has 1 aromatic carbocycles. The van der Waals surface area contributed by atoms with Crippen LogP contribution in [-0.4, -0.2) is 32.5 Å². The number of carbonyl (C=O) groups excluding carboxylic acids is 2. The fourth-order valence-electron chi connectivity index (χ4n) is 2.02. The molecule has 2 amide bonds. The van der Waals surface area contributed by atoms with Crippen LogP contribution >= 0.6 is 11.8 Å². The Bertz CT molecular complexity index is 737. The molecular formula is C17H16N2O4S. The number of thioether (sulfide) groups is 1. The maximum Gasteiger partial charge on any atom is 0.335 e. The highest BCUT2D eigenvalue weighted by atomic mass is 32.2. The maximum absolute atomic E-state index is 12.5. The highest BCUT2D eigenvalue weighted by Crippen LogP contribution is 2.31. The number of allylic oxidation sites excluding steroid dienone is 4. The first-order chi connectivity index (χ1) is 11.5. The molecule has 2 N–H and O–H groups in total. The average Bonchev–Trinajstić information content (AvgIpc) is 2.83. The van der Waals surface area contributed by atoms with Crippen LogP contribution in [0, 0.1) is 0 Å². The Balaban J connectivity index is 2.16. The summed E-state index contributed by atoms with van der Waals surface area (Å²) in [5, 5.41) is 10.6. The van der Waals surface area contributed by atoms with E-state index in [1.807, 2.05) is 6.92 Å². The number of carboxylic acid groups (broad SMARTS) is 1. The third kappa shape index (κ3) is 3.75. The van der Waals surface area contributed by atoms with Gasteiger partial charge in [0.15, 0.2) is 5.37 Å². The van der Waals surface area contributed by atoms with Gasteiger partial charge in [-0.15, -0.1) is 0 Å². The molecule has 7 heteroatoms. The van der Waals surface area contributed by atoms with Crippen molar-refractivity contribution in [2.45, 2.75) is 12.3 Å². The minimum Gasteiger partial charge on any atom is -0.478 e. The molecule has 1 fully saturated rings. The van der Waals surface area contributed by atoms with Crippen LogP contribution in [0.1, 0.15) is 17.3 Å². The number of carbonyl (C=O) groups is 3. The van der Waals surface area contributed by atoms with Crippen LogP contribution in [0.25, 0.3) is 0 Å². The van der Waals surface area contributed by atoms with E-state index in [0.29, 0.717) is 11.4 Å². The highest BCUT2D eigenvalue weighted by molar-refractivity contribution is 8.15. The van der Waals surface area contributed by atoms with Gasteiger partial charge in [-0.1, -0.05) is 18.7 Å². The minimum absolute atomic E-state index is 0.145. The standard InChI is InChI=1S/C17H16N2O4S/c1-3-5-6-13(4-2)19-15(20)14(24-17(19)23)18-12-9-7-11(8-10-12)16(21)22/h3-10,14,18H,2H2,1H3,(H,21,22)/b5-3-,13-6+. The first kappa shape index (κ1) is 17.6. The van der Waals surface area contributed by atoms with Crippen molar-refractivity contribution < 1.29 is 19.5 Å². The van der Waals surface area contributed by atoms with Crippen molar-refractivity contribution >= 4 is 34.6 Å². The molecule has 0 aromatic heterocycles. The lowest BCUT2D eigenvalue weighted by Crippen LogP contribution is -2.33. The average molecular weight is 344 g/mol. The lowest BCUT2D eigenvalue weighted by atomic mass is 10.2. The quantitative estimate of drug-likeness (QED) is 0.769. The zero-order valence-corrected chi connectivity index (χ0v) is 13.7. The van der Waals surface area contributed by atoms with Gasteiger partial charge in [0.25, 0.3) is 11.1 Å². The number of anilines is 1. The van der Waals surface area contributed by atoms with Gasteiger partial charge in [-0.2, -0.15) is 0 Å². The summed E-state index contributed by atoms with van der Waals surface area (Å²) >= 11 is 0.862. The van der Waals surface area contributed by atoms with Crippen LogP contribution in [0.2, 0.25) is 0 Å². The molecule has 0 aliphatic carbocycles. The van der Waals surface area contributed by atoms with Crippen LogP contribution in [0.3, 0.4) is 0 Å². The molecule has 124 valence electrons. The fraction of sp³-hybridized carbons (Fsp3) is 0.118. The van der Waals surface area contributed by atoms with Gasteiger partial charge in [-0.3, -0.25) is 9.59 Å². The number of rotatable bonds is 6. The first-order valence-electron chi connectivity index (χ1n) is 7.07. The number of carboxylic acids is 1. The lowest BCUT2D eigenvalue weighted by molar-refractivity contribution is -0.124. The first-order valence-corrected chi connectivity index (χ1v) is 7.95. The number of hydrogen-bond donors (Lipinski definition) is 2. The second-order valence-electron chi connectivity index (χ2n) is 4.79. The van der Waals surface area contributed by atoms with Crippen molar-refractivity contribution in [1.82, 2.24) is 4.90 Å². The summed E-state index contributed by atoms with van der Waals surface area (Å²) in [4.78, 5) is 36.5. The number of imide groups is 1. The summed E-state index contributed by atoms with van der Waals surface area (Å²) in [6.45, 7) is 5.45. The molecule has 1 aliphatic rings. The Morgan fingerprint density at radius 2 is 2.00 bits per heavy atom. The van der Waals surface area contributed by atoms with Crippen molar-refractivity contribution in [3.8, 4) is 0 Å². The van der Waals surface area contributed by atoms with E-state index < -0.39 is 22.5 Å². The number of nitrogens with zero attached hydrogens (tertiary/aromatic N) is 1. The van der Waals surface area contributed by atoms with Crippen LogP contribution in [0.5, 0.6) is 0 Å². The molecule has 0 saturated carbocycles. The van der Waals surface area contributed by atoms with E-state index in [1.165, 1.54) is 18.2 Å². The van der Waals surface area contributed by atoms with E-state index >= 15 is 0 Å². The summed E-state index contributed by atoms with van der Waals surface area (Å²) in [7, 11) is 0. The van der Waals surface area contributed by atoms with Crippen molar-refractivity contribution in [3.63, 3.8) is 0 Å². The summed E-state index contributed by atoms with van der Waals surface area (Å²) in [6, 6.07) is 5.95. The molecule has 24 heavy (non-hydrogen) atoms. The monoisotopic (exact) mass is 344 g/mol. The Labute approximate surface area is 143 Å². The van der Waals surface area contributed by atoms with E-state index in [0.717, 1.165) is 16.7 Å². The van der Waals surface area contributed by atoms with Gasteiger partial charge in [-0.25, -0.2) is 9.69 Å². The van der Waals surface area contributed by atoms with Crippen molar-refractivity contribution in [1.29, 1.82) is 0 Å². The van der Waals surface area contributed by atoms with E-state index in [9.17, 15) is 14.4 Å². The summed E-state index contributed by atoms with van der Waals surface area (Å²) in [5.41, 5.74) is 1.10.